The third-order valence-electron chi connectivity index (χ3n) is 4.90. The van der Waals surface area contributed by atoms with Crippen molar-refractivity contribution in [2.45, 2.75) is 57.3 Å². The van der Waals surface area contributed by atoms with Crippen LogP contribution in [0.25, 0.3) is 0 Å². The molecule has 0 amide bonds. The molecule has 1 N–H and O–H groups in total. The Bertz CT molecular complexity index is 693. The van der Waals surface area contributed by atoms with Gasteiger partial charge in [-0.15, -0.1) is 0 Å². The molecule has 0 radical (unpaired) electrons. The number of nitriles is 1. The molecular weight excluding hydrogens is 324 g/mol. The summed E-state index contributed by atoms with van der Waals surface area (Å²) in [6.45, 7) is 0.492. The first-order chi connectivity index (χ1) is 11.5. The van der Waals surface area contributed by atoms with Gasteiger partial charge < -0.3 is 4.74 Å². The van der Waals surface area contributed by atoms with Gasteiger partial charge in [0.05, 0.1) is 29.9 Å². The number of nitrogens with one attached hydrogen (secondary N) is 1. The summed E-state index contributed by atoms with van der Waals surface area (Å²) in [4.78, 5) is 0. The van der Waals surface area contributed by atoms with Gasteiger partial charge in [-0.3, -0.25) is 0 Å². The predicted octanol–water partition coefficient (Wildman–Crippen LogP) is 2.74. The van der Waals surface area contributed by atoms with Crippen LogP contribution in [0.15, 0.2) is 30.3 Å². The average Bonchev–Trinajstić information content (AvgIpc) is 3.34. The van der Waals surface area contributed by atoms with Gasteiger partial charge in [-0.2, -0.15) is 5.26 Å². The van der Waals surface area contributed by atoms with Crippen LogP contribution in [-0.2, 0) is 21.4 Å². The smallest absolute Gasteiger partial charge is 0.213 e. The van der Waals surface area contributed by atoms with Gasteiger partial charge in [-0.25, -0.2) is 13.1 Å². The van der Waals surface area contributed by atoms with Crippen LogP contribution in [0.5, 0.6) is 0 Å². The van der Waals surface area contributed by atoms with Crippen molar-refractivity contribution in [1.29, 1.82) is 5.26 Å². The zero-order chi connectivity index (χ0) is 17.0. The van der Waals surface area contributed by atoms with Crippen LogP contribution in [0.2, 0.25) is 0 Å². The van der Waals surface area contributed by atoms with Gasteiger partial charge in [-0.1, -0.05) is 43.2 Å². The zero-order valence-corrected chi connectivity index (χ0v) is 14.6. The van der Waals surface area contributed by atoms with Crippen LogP contribution in [-0.4, -0.2) is 26.3 Å². The van der Waals surface area contributed by atoms with Crippen molar-refractivity contribution in [2.75, 3.05) is 5.75 Å². The molecule has 0 heterocycles. The van der Waals surface area contributed by atoms with E-state index >= 15 is 0 Å². The molecule has 3 rings (SSSR count). The van der Waals surface area contributed by atoms with E-state index in [2.05, 4.69) is 10.8 Å². The molecule has 0 aliphatic heterocycles. The molecule has 2 saturated carbocycles. The monoisotopic (exact) mass is 348 g/mol. The Balaban J connectivity index is 1.59. The third-order valence-corrected chi connectivity index (χ3v) is 6.49. The van der Waals surface area contributed by atoms with Crippen molar-refractivity contribution in [1.82, 2.24) is 4.72 Å². The second kappa shape index (κ2) is 7.22. The van der Waals surface area contributed by atoms with Gasteiger partial charge in [0.1, 0.15) is 0 Å². The Morgan fingerprint density at radius 1 is 1.21 bits per heavy atom. The molecule has 2 atom stereocenters. The van der Waals surface area contributed by atoms with E-state index in [1.165, 1.54) is 0 Å². The first kappa shape index (κ1) is 17.4. The summed E-state index contributed by atoms with van der Waals surface area (Å²) in [5.41, 5.74) is 0.437. The second-order valence-electron chi connectivity index (χ2n) is 7.00. The maximum atomic E-state index is 12.4. The molecule has 6 heteroatoms. The van der Waals surface area contributed by atoms with E-state index < -0.39 is 15.4 Å². The molecule has 0 aromatic heterocycles. The van der Waals surface area contributed by atoms with Crippen LogP contribution in [0.1, 0.15) is 44.1 Å². The van der Waals surface area contributed by atoms with Crippen molar-refractivity contribution >= 4 is 10.0 Å². The molecule has 5 nitrogen and oxygen atoms in total. The second-order valence-corrected chi connectivity index (χ2v) is 8.75. The van der Waals surface area contributed by atoms with Crippen LogP contribution >= 0.6 is 0 Å². The maximum absolute atomic E-state index is 12.4. The van der Waals surface area contributed by atoms with Crippen molar-refractivity contribution in [2.24, 2.45) is 5.41 Å². The lowest BCUT2D eigenvalue weighted by Crippen LogP contribution is -2.47. The highest BCUT2D eigenvalue weighted by molar-refractivity contribution is 7.89. The number of rotatable bonds is 7. The highest BCUT2D eigenvalue weighted by Crippen LogP contribution is 2.45. The van der Waals surface area contributed by atoms with Gasteiger partial charge in [-0.05, 0) is 31.2 Å². The van der Waals surface area contributed by atoms with Gasteiger partial charge in [0, 0.05) is 6.04 Å². The number of benzene rings is 1. The highest BCUT2D eigenvalue weighted by Gasteiger charge is 2.47. The van der Waals surface area contributed by atoms with E-state index in [1.54, 1.807) is 0 Å². The maximum Gasteiger partial charge on any atom is 0.213 e. The molecule has 24 heavy (non-hydrogen) atoms. The standard InChI is InChI=1S/C18H24N2O3S/c19-13-18(10-11-18)14-24(21,22)20-16-8-4-5-9-17(16)23-12-15-6-2-1-3-7-15/h1-3,6-7,16-17,20H,4-5,8-12,14H2/t16-,17+/m0/s1. The summed E-state index contributed by atoms with van der Waals surface area (Å²) in [6, 6.07) is 11.9. The molecule has 2 fully saturated rings. The van der Waals surface area contributed by atoms with Crippen molar-refractivity contribution in [3.63, 3.8) is 0 Å². The highest BCUT2D eigenvalue weighted by atomic mass is 32.2. The molecule has 0 saturated heterocycles. The summed E-state index contributed by atoms with van der Waals surface area (Å²) < 4.78 is 33.6. The quantitative estimate of drug-likeness (QED) is 0.822. The number of nitrogens with zero attached hydrogens (tertiary/aromatic N) is 1. The molecule has 0 spiro atoms. The van der Waals surface area contributed by atoms with Crippen LogP contribution < -0.4 is 4.72 Å². The fourth-order valence-corrected chi connectivity index (χ4v) is 5.18. The molecule has 0 unspecified atom stereocenters. The zero-order valence-electron chi connectivity index (χ0n) is 13.8. The van der Waals surface area contributed by atoms with Gasteiger partial charge in [0.2, 0.25) is 10.0 Å². The van der Waals surface area contributed by atoms with Crippen molar-refractivity contribution < 1.29 is 13.2 Å². The number of hydrogen-bond donors (Lipinski definition) is 1. The fourth-order valence-electron chi connectivity index (χ4n) is 3.28. The third kappa shape index (κ3) is 4.56. The van der Waals surface area contributed by atoms with Crippen molar-refractivity contribution in [3.8, 4) is 6.07 Å². The summed E-state index contributed by atoms with van der Waals surface area (Å²) in [5, 5.41) is 9.12. The van der Waals surface area contributed by atoms with E-state index in [0.29, 0.717) is 19.4 Å². The molecular formula is C18H24N2O3S. The molecule has 2 aliphatic carbocycles. The molecule has 0 bridgehead atoms. The number of hydrogen-bond acceptors (Lipinski definition) is 4. The Labute approximate surface area is 144 Å². The summed E-state index contributed by atoms with van der Waals surface area (Å²) >= 11 is 0. The fraction of sp³-hybridized carbons (Fsp3) is 0.611. The largest absolute Gasteiger partial charge is 0.372 e. The minimum Gasteiger partial charge on any atom is -0.372 e. The lowest BCUT2D eigenvalue weighted by atomic mass is 9.93. The average molecular weight is 348 g/mol. The molecule has 1 aromatic carbocycles. The first-order valence-electron chi connectivity index (χ1n) is 8.59. The Hall–Kier alpha value is -1.42. The molecule has 1 aromatic rings. The van der Waals surface area contributed by atoms with E-state index in [1.807, 2.05) is 30.3 Å². The number of sulfonamides is 1. The number of ether oxygens (including phenoxy) is 1. The van der Waals surface area contributed by atoms with E-state index in [0.717, 1.165) is 31.2 Å². The van der Waals surface area contributed by atoms with Gasteiger partial charge >= 0.3 is 0 Å². The first-order valence-corrected chi connectivity index (χ1v) is 10.2. The SMILES string of the molecule is N#CC1(CS(=O)(=O)N[C@H]2CCCC[C@H]2OCc2ccccc2)CC1. The van der Waals surface area contributed by atoms with Crippen LogP contribution in [0, 0.1) is 16.7 Å². The predicted molar refractivity (Wildman–Crippen MR) is 91.5 cm³/mol. The van der Waals surface area contributed by atoms with Crippen LogP contribution in [0.3, 0.4) is 0 Å². The molecule has 130 valence electrons. The minimum atomic E-state index is -3.46. The summed E-state index contributed by atoms with van der Waals surface area (Å²) in [5.74, 6) is -0.0849. The van der Waals surface area contributed by atoms with Crippen molar-refractivity contribution in [3.05, 3.63) is 35.9 Å². The van der Waals surface area contributed by atoms with Gasteiger partial charge in [0.15, 0.2) is 0 Å². The summed E-state index contributed by atoms with van der Waals surface area (Å²) in [6.07, 6.45) is 4.97. The van der Waals surface area contributed by atoms with E-state index in [9.17, 15) is 8.42 Å². The topological polar surface area (TPSA) is 79.2 Å². The lowest BCUT2D eigenvalue weighted by molar-refractivity contribution is 0.0000145. The Morgan fingerprint density at radius 2 is 1.92 bits per heavy atom. The van der Waals surface area contributed by atoms with E-state index in [4.69, 9.17) is 10.00 Å². The van der Waals surface area contributed by atoms with Gasteiger partial charge in [0.25, 0.3) is 0 Å². The lowest BCUT2D eigenvalue weighted by Gasteiger charge is -2.32. The minimum absolute atomic E-state index is 0.0849. The van der Waals surface area contributed by atoms with Crippen LogP contribution in [0.4, 0.5) is 0 Å². The Morgan fingerprint density at radius 3 is 2.58 bits per heavy atom. The molecule has 2 aliphatic rings. The summed E-state index contributed by atoms with van der Waals surface area (Å²) in [7, 11) is -3.46. The van der Waals surface area contributed by atoms with E-state index in [-0.39, 0.29) is 17.9 Å². The normalized spacial score (nSPS) is 25.8. The Kier molecular flexibility index (Phi) is 5.24.